The van der Waals surface area contributed by atoms with Crippen molar-refractivity contribution >= 4 is 28.5 Å². The zero-order valence-corrected chi connectivity index (χ0v) is 27.8. The highest BCUT2D eigenvalue weighted by atomic mass is 14.4. The first-order valence-electron chi connectivity index (χ1n) is 17.4. The zero-order chi connectivity index (χ0) is 32.1. The van der Waals surface area contributed by atoms with Gasteiger partial charge in [0.15, 0.2) is 0 Å². The van der Waals surface area contributed by atoms with Crippen LogP contribution in [0.1, 0.15) is 92.3 Å². The Hall–Kier alpha value is -4.94. The van der Waals surface area contributed by atoms with Gasteiger partial charge in [0.05, 0.1) is 0 Å². The van der Waals surface area contributed by atoms with E-state index in [1.54, 1.807) is 0 Å². The minimum atomic E-state index is 0. The van der Waals surface area contributed by atoms with Gasteiger partial charge in [-0.2, -0.15) is 0 Å². The van der Waals surface area contributed by atoms with E-state index in [-0.39, 0.29) is 13.3 Å². The lowest BCUT2D eigenvalue weighted by Gasteiger charge is -2.23. The van der Waals surface area contributed by atoms with Crippen molar-refractivity contribution < 1.29 is 0 Å². The molecule has 5 aromatic rings. The highest BCUT2D eigenvalue weighted by Gasteiger charge is 2.36. The Balaban J connectivity index is 0.00000364. The van der Waals surface area contributed by atoms with E-state index in [4.69, 9.17) is 0 Å². The minimum Gasteiger partial charge on any atom is -0.0991 e. The molecule has 0 N–H and O–H groups in total. The molecule has 0 aromatic heterocycles. The first kappa shape index (κ1) is 31.6. The Kier molecular flexibility index (Phi) is 8.52. The Morgan fingerprint density at radius 2 is 1.54 bits per heavy atom. The van der Waals surface area contributed by atoms with Crippen molar-refractivity contribution in [1.29, 1.82) is 0 Å². The predicted molar refractivity (Wildman–Crippen MR) is 211 cm³/mol. The molecule has 2 atom stereocenters. The molecule has 0 amide bonds. The van der Waals surface area contributed by atoms with E-state index in [0.717, 1.165) is 25.7 Å². The summed E-state index contributed by atoms with van der Waals surface area (Å²) in [7, 11) is 0. The lowest BCUT2D eigenvalue weighted by atomic mass is 9.80. The summed E-state index contributed by atoms with van der Waals surface area (Å²) >= 11 is 0. The van der Waals surface area contributed by atoms with Crippen LogP contribution in [-0.2, 0) is 6.42 Å². The van der Waals surface area contributed by atoms with Crippen LogP contribution < -0.4 is 0 Å². The maximum absolute atomic E-state index is 4.05. The molecular formula is C48H46. The molecule has 0 spiro atoms. The molecule has 5 aromatic carbocycles. The van der Waals surface area contributed by atoms with Gasteiger partial charge in [-0.25, -0.2) is 0 Å². The second-order valence-corrected chi connectivity index (χ2v) is 13.5. The van der Waals surface area contributed by atoms with Crippen LogP contribution in [-0.4, -0.2) is 0 Å². The molecule has 0 bridgehead atoms. The van der Waals surface area contributed by atoms with Crippen LogP contribution in [0.25, 0.3) is 61.9 Å². The molecule has 48 heavy (non-hydrogen) atoms. The summed E-state index contributed by atoms with van der Waals surface area (Å²) in [6, 6.07) is 29.9. The van der Waals surface area contributed by atoms with Crippen molar-refractivity contribution in [2.24, 2.45) is 5.92 Å². The Morgan fingerprint density at radius 1 is 0.771 bits per heavy atom. The normalized spacial score (nSPS) is 15.3. The van der Waals surface area contributed by atoms with Gasteiger partial charge in [-0.1, -0.05) is 169 Å². The van der Waals surface area contributed by atoms with Crippen molar-refractivity contribution in [2.75, 3.05) is 0 Å². The fraction of sp³-hybridized carbons (Fsp3) is 0.208. The highest BCUT2D eigenvalue weighted by molar-refractivity contribution is 6.22. The number of benzene rings is 5. The summed E-state index contributed by atoms with van der Waals surface area (Å²) in [6.45, 7) is 11.0. The fourth-order valence-electron chi connectivity index (χ4n) is 8.29. The van der Waals surface area contributed by atoms with Crippen molar-refractivity contribution in [1.82, 2.24) is 0 Å². The lowest BCUT2D eigenvalue weighted by molar-refractivity contribution is 0.701. The molecule has 3 aliphatic carbocycles. The Morgan fingerprint density at radius 3 is 2.35 bits per heavy atom. The molecule has 2 unspecified atom stereocenters. The van der Waals surface area contributed by atoms with Gasteiger partial charge in [0.25, 0.3) is 0 Å². The van der Waals surface area contributed by atoms with Crippen LogP contribution in [0.4, 0.5) is 0 Å². The minimum absolute atomic E-state index is 0. The molecule has 0 aliphatic heterocycles. The van der Waals surface area contributed by atoms with Gasteiger partial charge in [0, 0.05) is 5.92 Å². The van der Waals surface area contributed by atoms with Gasteiger partial charge >= 0.3 is 0 Å². The average molecular weight is 623 g/mol. The summed E-state index contributed by atoms with van der Waals surface area (Å²) < 4.78 is 0. The third kappa shape index (κ3) is 4.98. The molecule has 8 rings (SSSR count). The summed E-state index contributed by atoms with van der Waals surface area (Å²) in [5.74, 6) is 0.819. The first-order valence-corrected chi connectivity index (χ1v) is 17.4. The monoisotopic (exact) mass is 622 g/mol. The number of hydrogen-bond acceptors (Lipinski definition) is 0. The largest absolute Gasteiger partial charge is 0.0991 e. The third-order valence-electron chi connectivity index (χ3n) is 10.8. The van der Waals surface area contributed by atoms with Crippen LogP contribution in [0.3, 0.4) is 0 Å². The average Bonchev–Trinajstić information content (AvgIpc) is 3.67. The van der Waals surface area contributed by atoms with Gasteiger partial charge in [0.1, 0.15) is 0 Å². The smallest absolute Gasteiger partial charge is 0.00730 e. The zero-order valence-electron chi connectivity index (χ0n) is 27.8. The molecule has 0 saturated heterocycles. The second kappa shape index (κ2) is 12.9. The van der Waals surface area contributed by atoms with Crippen LogP contribution in [0.5, 0.6) is 0 Å². The van der Waals surface area contributed by atoms with Gasteiger partial charge in [-0.05, 0) is 114 Å². The predicted octanol–water partition coefficient (Wildman–Crippen LogP) is 13.8. The van der Waals surface area contributed by atoms with Crippen LogP contribution in [0, 0.1) is 5.92 Å². The molecule has 0 radical (unpaired) electrons. The van der Waals surface area contributed by atoms with Crippen LogP contribution >= 0.6 is 0 Å². The maximum atomic E-state index is 4.05. The summed E-state index contributed by atoms with van der Waals surface area (Å²) in [5, 5.41) is 2.78. The molecule has 0 saturated carbocycles. The van der Waals surface area contributed by atoms with Crippen molar-refractivity contribution in [3.63, 3.8) is 0 Å². The highest BCUT2D eigenvalue weighted by Crippen LogP contribution is 2.59. The van der Waals surface area contributed by atoms with Crippen molar-refractivity contribution in [3.05, 3.63) is 161 Å². The van der Waals surface area contributed by atoms with Gasteiger partial charge < -0.3 is 0 Å². The quantitative estimate of drug-likeness (QED) is 0.148. The first-order chi connectivity index (χ1) is 23.1. The van der Waals surface area contributed by atoms with Gasteiger partial charge in [0.2, 0.25) is 0 Å². The van der Waals surface area contributed by atoms with E-state index >= 15 is 0 Å². The molecule has 3 aliphatic rings. The summed E-state index contributed by atoms with van der Waals surface area (Å²) in [5.41, 5.74) is 19.6. The van der Waals surface area contributed by atoms with Crippen molar-refractivity contribution in [2.45, 2.75) is 59.8 Å². The standard InChI is InChI=1S/C47H42.CH4/c1-5-7-20-39-42-29-34-19-12-14-22-37(34)45(42)47-41-28-27-36(31(4)35-21-13-11-16-32(35)26-25-30(3)6-2)38-23-15-24-40(44(38)41)46(47)43(39)33-17-9-8-10-18-33;/h5,7-9,11-17,19-28,30-31H,1,6,10,18,29H2,2-4H3;1H4/b20-7-,26-25-;. The molecule has 0 heterocycles. The van der Waals surface area contributed by atoms with E-state index in [1.165, 1.54) is 88.7 Å². The number of fused-ring (bicyclic) bond motifs is 7. The van der Waals surface area contributed by atoms with E-state index in [2.05, 4.69) is 149 Å². The molecule has 238 valence electrons. The van der Waals surface area contributed by atoms with Gasteiger partial charge in [-0.15, -0.1) is 0 Å². The molecule has 0 nitrogen and oxygen atoms in total. The topological polar surface area (TPSA) is 0 Å². The Labute approximate surface area is 287 Å². The van der Waals surface area contributed by atoms with E-state index in [1.807, 2.05) is 6.08 Å². The fourth-order valence-corrected chi connectivity index (χ4v) is 8.29. The number of hydrogen-bond donors (Lipinski definition) is 0. The van der Waals surface area contributed by atoms with E-state index in [0.29, 0.717) is 5.92 Å². The van der Waals surface area contributed by atoms with Gasteiger partial charge in [-0.3, -0.25) is 0 Å². The molecule has 0 fully saturated rings. The lowest BCUT2D eigenvalue weighted by Crippen LogP contribution is -2.01. The number of allylic oxidation sites excluding steroid dienone is 7. The summed E-state index contributed by atoms with van der Waals surface area (Å²) in [6.07, 6.45) is 22.2. The Bertz CT molecular complexity index is 2190. The van der Waals surface area contributed by atoms with Crippen LogP contribution in [0.15, 0.2) is 122 Å². The summed E-state index contributed by atoms with van der Waals surface area (Å²) in [4.78, 5) is 0. The number of rotatable bonds is 8. The SMILES string of the molecule is C.C=C/C=C\c1c2c(c3c(c1C1=CC=CCC1)-c1cccc4c(C(C)c5ccccc5/C=C\C(C)CC)ccc-3c14)-c1ccccc1C2. The molecular weight excluding hydrogens is 577 g/mol. The van der Waals surface area contributed by atoms with E-state index < -0.39 is 0 Å². The van der Waals surface area contributed by atoms with Crippen LogP contribution in [0.2, 0.25) is 0 Å². The van der Waals surface area contributed by atoms with E-state index in [9.17, 15) is 0 Å². The third-order valence-corrected chi connectivity index (χ3v) is 10.8. The second-order valence-electron chi connectivity index (χ2n) is 13.5. The maximum Gasteiger partial charge on any atom is 0.00730 e. The van der Waals surface area contributed by atoms with Crippen molar-refractivity contribution in [3.8, 4) is 33.4 Å². The molecule has 0 heteroatoms.